The maximum absolute atomic E-state index is 7.03. The molecule has 0 aromatic carbocycles. The summed E-state index contributed by atoms with van der Waals surface area (Å²) in [4.78, 5) is 0. The average Bonchev–Trinajstić information content (AvgIpc) is 2.90. The average molecular weight is 525 g/mol. The van der Waals surface area contributed by atoms with Crippen LogP contribution in [0.15, 0.2) is 0 Å². The van der Waals surface area contributed by atoms with E-state index < -0.39 is 25.0 Å². The Morgan fingerprint density at radius 3 is 1.76 bits per heavy atom. The Bertz CT molecular complexity index is 739. The van der Waals surface area contributed by atoms with Crippen molar-refractivity contribution in [3.63, 3.8) is 0 Å². The van der Waals surface area contributed by atoms with Crippen molar-refractivity contribution in [2.75, 3.05) is 0 Å². The quantitative estimate of drug-likeness (QED) is 0.327. The normalized spacial score (nSPS) is 45.4. The summed E-state index contributed by atoms with van der Waals surface area (Å²) in [6, 6.07) is 0. The van der Waals surface area contributed by atoms with E-state index in [4.69, 9.17) is 13.3 Å². The predicted molar refractivity (Wildman–Crippen MR) is 152 cm³/mol. The maximum atomic E-state index is 7.03. The second-order valence-corrected chi connectivity index (χ2v) is 29.4. The summed E-state index contributed by atoms with van der Waals surface area (Å²) in [5.74, 6) is 3.37. The third-order valence-electron chi connectivity index (χ3n) is 10.0. The molecule has 0 N–H and O–H groups in total. The van der Waals surface area contributed by atoms with Gasteiger partial charge in [-0.15, -0.1) is 0 Å². The molecule has 0 bridgehead atoms. The highest BCUT2D eigenvalue weighted by atomic mass is 28.4. The van der Waals surface area contributed by atoms with E-state index in [0.29, 0.717) is 23.7 Å². The number of hydrogen-bond acceptors (Lipinski definition) is 3. The molecular formula is C28H56O3Si3. The molecule has 5 unspecified atom stereocenters. The van der Waals surface area contributed by atoms with Crippen LogP contribution in [-0.2, 0) is 13.3 Å². The molecule has 0 saturated heterocycles. The minimum atomic E-state index is -1.65. The molecule has 0 aromatic heterocycles. The Kier molecular flexibility index (Phi) is 7.36. The molecule has 4 fully saturated rings. The van der Waals surface area contributed by atoms with Crippen molar-refractivity contribution in [1.29, 1.82) is 0 Å². The van der Waals surface area contributed by atoms with Gasteiger partial charge in [-0.25, -0.2) is 0 Å². The van der Waals surface area contributed by atoms with E-state index in [1.54, 1.807) is 0 Å². The minimum Gasteiger partial charge on any atom is -0.415 e. The van der Waals surface area contributed by atoms with Crippen molar-refractivity contribution in [3.05, 3.63) is 0 Å². The van der Waals surface area contributed by atoms with Crippen LogP contribution < -0.4 is 0 Å². The zero-order chi connectivity index (χ0) is 25.3. The maximum Gasteiger partial charge on any atom is 0.184 e. The third kappa shape index (κ3) is 5.52. The molecule has 0 heterocycles. The Labute approximate surface area is 214 Å². The largest absolute Gasteiger partial charge is 0.415 e. The van der Waals surface area contributed by atoms with Gasteiger partial charge in [-0.3, -0.25) is 0 Å². The van der Waals surface area contributed by atoms with Gasteiger partial charge in [0.15, 0.2) is 25.0 Å². The van der Waals surface area contributed by atoms with E-state index in [-0.39, 0.29) is 5.41 Å². The fraction of sp³-hybridized carbons (Fsp3) is 1.00. The first-order valence-electron chi connectivity index (χ1n) is 14.4. The fourth-order valence-corrected chi connectivity index (χ4v) is 12.4. The molecule has 198 valence electrons. The van der Waals surface area contributed by atoms with E-state index in [2.05, 4.69) is 72.8 Å². The molecule has 0 aliphatic heterocycles. The van der Waals surface area contributed by atoms with Crippen LogP contribution >= 0.6 is 0 Å². The van der Waals surface area contributed by atoms with Crippen LogP contribution in [0.25, 0.3) is 0 Å². The molecular weight excluding hydrogens is 469 g/mol. The first kappa shape index (κ1) is 27.6. The van der Waals surface area contributed by atoms with Gasteiger partial charge in [0.2, 0.25) is 0 Å². The van der Waals surface area contributed by atoms with Gasteiger partial charge in [-0.1, -0.05) is 13.8 Å². The fourth-order valence-electron chi connectivity index (χ4n) is 8.92. The molecule has 4 saturated carbocycles. The summed E-state index contributed by atoms with van der Waals surface area (Å²) in [6.45, 7) is 26.5. The summed E-state index contributed by atoms with van der Waals surface area (Å²) in [5.41, 5.74) is 0.795. The lowest BCUT2D eigenvalue weighted by Crippen LogP contribution is -2.56. The van der Waals surface area contributed by atoms with Crippen LogP contribution in [0.5, 0.6) is 0 Å². The van der Waals surface area contributed by atoms with E-state index in [1.807, 2.05) is 0 Å². The second-order valence-electron chi connectivity index (χ2n) is 16.0. The third-order valence-corrected chi connectivity index (χ3v) is 13.0. The molecule has 4 aliphatic rings. The Hall–Kier alpha value is 0.531. The molecule has 9 atom stereocenters. The van der Waals surface area contributed by atoms with Gasteiger partial charge in [0.05, 0.1) is 12.2 Å². The summed E-state index contributed by atoms with van der Waals surface area (Å²) in [7, 11) is -4.74. The molecule has 4 rings (SSSR count). The van der Waals surface area contributed by atoms with Gasteiger partial charge in [0.25, 0.3) is 0 Å². The lowest BCUT2D eigenvalue weighted by Gasteiger charge is -2.61. The minimum absolute atomic E-state index is 0.285. The molecule has 0 amide bonds. The molecule has 0 aromatic rings. The van der Waals surface area contributed by atoms with Crippen molar-refractivity contribution >= 4 is 25.0 Å². The summed E-state index contributed by atoms with van der Waals surface area (Å²) in [6.07, 6.45) is 11.9. The number of rotatable bonds is 6. The van der Waals surface area contributed by atoms with Crippen LogP contribution in [0.2, 0.25) is 58.9 Å². The lowest BCUT2D eigenvalue weighted by atomic mass is 9.45. The van der Waals surface area contributed by atoms with Gasteiger partial charge in [0, 0.05) is 6.10 Å². The zero-order valence-corrected chi connectivity index (χ0v) is 27.4. The van der Waals surface area contributed by atoms with Crippen molar-refractivity contribution in [1.82, 2.24) is 0 Å². The summed E-state index contributed by atoms with van der Waals surface area (Å²) < 4.78 is 20.6. The molecule has 0 radical (unpaired) electrons. The Balaban J connectivity index is 1.56. The van der Waals surface area contributed by atoms with Gasteiger partial charge in [-0.05, 0) is 145 Å². The Morgan fingerprint density at radius 1 is 0.588 bits per heavy atom. The summed E-state index contributed by atoms with van der Waals surface area (Å²) in [5, 5.41) is 0. The van der Waals surface area contributed by atoms with E-state index >= 15 is 0 Å². The standard InChI is InChI=1S/C28H56O3Si3/c1-27-16-14-21(29-32(3,4)5)18-20(27)12-13-22-23(27)15-17-28(2)24(22)19-25(30-33(6,7)8)26(28)31-34(9,10)11/h20-26H,12-19H2,1-11H3/t20-,21+,22?,23?,24?,25-,26+,27?,28?/m0/s1. The van der Waals surface area contributed by atoms with Crippen LogP contribution in [0.4, 0.5) is 0 Å². The van der Waals surface area contributed by atoms with E-state index in [0.717, 1.165) is 23.7 Å². The molecule has 3 nitrogen and oxygen atoms in total. The van der Waals surface area contributed by atoms with Crippen molar-refractivity contribution < 1.29 is 13.3 Å². The van der Waals surface area contributed by atoms with Crippen LogP contribution in [0, 0.1) is 34.5 Å². The van der Waals surface area contributed by atoms with Gasteiger partial charge < -0.3 is 13.3 Å². The first-order chi connectivity index (χ1) is 15.4. The zero-order valence-electron chi connectivity index (χ0n) is 24.4. The smallest absolute Gasteiger partial charge is 0.184 e. The topological polar surface area (TPSA) is 27.7 Å². The van der Waals surface area contributed by atoms with E-state index in [9.17, 15) is 0 Å². The van der Waals surface area contributed by atoms with Crippen LogP contribution in [0.3, 0.4) is 0 Å². The highest BCUT2D eigenvalue weighted by molar-refractivity contribution is 6.70. The number of hydrogen-bond donors (Lipinski definition) is 0. The monoisotopic (exact) mass is 524 g/mol. The summed E-state index contributed by atoms with van der Waals surface area (Å²) >= 11 is 0. The lowest BCUT2D eigenvalue weighted by molar-refractivity contribution is -0.131. The SMILES string of the molecule is CC12CC[C@@H](O[Si](C)(C)C)C[C@@H]1CCC1C2CCC2(C)C1C[C@H](O[Si](C)(C)C)[C@H]2O[Si](C)(C)C. The van der Waals surface area contributed by atoms with Crippen molar-refractivity contribution in [3.8, 4) is 0 Å². The van der Waals surface area contributed by atoms with Crippen molar-refractivity contribution in [2.24, 2.45) is 34.5 Å². The Morgan fingerprint density at radius 2 is 1.18 bits per heavy atom. The van der Waals surface area contributed by atoms with E-state index in [1.165, 1.54) is 51.4 Å². The highest BCUT2D eigenvalue weighted by Gasteiger charge is 2.63. The second kappa shape index (κ2) is 9.07. The van der Waals surface area contributed by atoms with Gasteiger partial charge >= 0.3 is 0 Å². The van der Waals surface area contributed by atoms with Gasteiger partial charge in [-0.2, -0.15) is 0 Å². The van der Waals surface area contributed by atoms with Crippen LogP contribution in [0.1, 0.15) is 65.2 Å². The first-order valence-corrected chi connectivity index (χ1v) is 24.7. The molecule has 34 heavy (non-hydrogen) atoms. The molecule has 6 heteroatoms. The van der Waals surface area contributed by atoms with Crippen LogP contribution in [-0.4, -0.2) is 43.3 Å². The molecule has 0 spiro atoms. The molecule has 4 aliphatic carbocycles. The predicted octanol–water partition coefficient (Wildman–Crippen LogP) is 8.30. The van der Waals surface area contributed by atoms with Gasteiger partial charge in [0.1, 0.15) is 0 Å². The number of fused-ring (bicyclic) bond motifs is 5. The van der Waals surface area contributed by atoms with Crippen molar-refractivity contribution in [2.45, 2.75) is 142 Å². The highest BCUT2D eigenvalue weighted by Crippen LogP contribution is 2.67.